The maximum atomic E-state index is 11.8. The molecule has 2 aliphatic rings. The molecule has 1 atom stereocenters. The van der Waals surface area contributed by atoms with Gasteiger partial charge in [-0.15, -0.1) is 0 Å². The van der Waals surface area contributed by atoms with E-state index in [1.165, 1.54) is 19.3 Å². The van der Waals surface area contributed by atoms with E-state index >= 15 is 0 Å². The van der Waals surface area contributed by atoms with Crippen LogP contribution in [0.1, 0.15) is 32.1 Å². The number of rotatable bonds is 4. The van der Waals surface area contributed by atoms with E-state index in [0.717, 1.165) is 12.8 Å². The highest BCUT2D eigenvalue weighted by atomic mass is 16.5. The molecule has 2 amide bonds. The molecule has 0 aromatic heterocycles. The first kappa shape index (κ1) is 14.3. The summed E-state index contributed by atoms with van der Waals surface area (Å²) < 4.78 is 5.21. The predicted octanol–water partition coefficient (Wildman–Crippen LogP) is -0.460. The second kappa shape index (κ2) is 7.45. The first-order chi connectivity index (χ1) is 9.25. The second-order valence-electron chi connectivity index (χ2n) is 5.20. The zero-order valence-electron chi connectivity index (χ0n) is 11.2. The van der Waals surface area contributed by atoms with Crippen LogP contribution in [0.15, 0.2) is 0 Å². The van der Waals surface area contributed by atoms with Crippen molar-refractivity contribution in [3.05, 3.63) is 0 Å². The van der Waals surface area contributed by atoms with Crippen molar-refractivity contribution in [1.82, 2.24) is 16.0 Å². The Hall–Kier alpha value is -1.14. The molecule has 2 fully saturated rings. The van der Waals surface area contributed by atoms with Crippen LogP contribution in [0, 0.1) is 0 Å². The van der Waals surface area contributed by atoms with Crippen molar-refractivity contribution in [3.63, 3.8) is 0 Å². The predicted molar refractivity (Wildman–Crippen MR) is 70.6 cm³/mol. The van der Waals surface area contributed by atoms with Crippen LogP contribution >= 0.6 is 0 Å². The molecule has 1 saturated heterocycles. The molecular formula is C13H23N3O3. The van der Waals surface area contributed by atoms with Gasteiger partial charge in [-0.2, -0.15) is 0 Å². The Morgan fingerprint density at radius 3 is 2.68 bits per heavy atom. The van der Waals surface area contributed by atoms with Gasteiger partial charge in [0.05, 0.1) is 19.8 Å². The Morgan fingerprint density at radius 1 is 1.21 bits per heavy atom. The Labute approximate surface area is 113 Å². The third kappa shape index (κ3) is 4.80. The molecule has 19 heavy (non-hydrogen) atoms. The van der Waals surface area contributed by atoms with E-state index in [-0.39, 0.29) is 30.4 Å². The summed E-state index contributed by atoms with van der Waals surface area (Å²) in [6.07, 6.45) is 5.73. The molecule has 1 aliphatic heterocycles. The minimum Gasteiger partial charge on any atom is -0.378 e. The molecule has 3 N–H and O–H groups in total. The van der Waals surface area contributed by atoms with Crippen molar-refractivity contribution in [2.45, 2.75) is 44.2 Å². The van der Waals surface area contributed by atoms with E-state index in [0.29, 0.717) is 19.8 Å². The molecule has 1 saturated carbocycles. The van der Waals surface area contributed by atoms with Gasteiger partial charge in [0.2, 0.25) is 11.8 Å². The van der Waals surface area contributed by atoms with Crippen LogP contribution in [0.3, 0.4) is 0 Å². The summed E-state index contributed by atoms with van der Waals surface area (Å²) in [5.74, 6) is -0.268. The highest BCUT2D eigenvalue weighted by molar-refractivity contribution is 5.87. The number of hydrogen-bond acceptors (Lipinski definition) is 4. The molecule has 0 spiro atoms. The summed E-state index contributed by atoms with van der Waals surface area (Å²) >= 11 is 0. The lowest BCUT2D eigenvalue weighted by Gasteiger charge is -2.24. The van der Waals surface area contributed by atoms with Gasteiger partial charge in [0.15, 0.2) is 0 Å². The number of morpholine rings is 1. The summed E-state index contributed by atoms with van der Waals surface area (Å²) in [7, 11) is 0. The van der Waals surface area contributed by atoms with Crippen molar-refractivity contribution in [3.8, 4) is 0 Å². The normalized spacial score (nSPS) is 24.7. The maximum absolute atomic E-state index is 11.8. The Balaban J connectivity index is 1.63. The minimum absolute atomic E-state index is 0.0491. The van der Waals surface area contributed by atoms with Crippen LogP contribution in [-0.4, -0.2) is 50.2 Å². The fourth-order valence-electron chi connectivity index (χ4n) is 2.55. The van der Waals surface area contributed by atoms with Crippen molar-refractivity contribution in [1.29, 1.82) is 0 Å². The van der Waals surface area contributed by atoms with Crippen LogP contribution in [0.5, 0.6) is 0 Å². The summed E-state index contributed by atoms with van der Waals surface area (Å²) in [6, 6.07) is -0.0504. The molecule has 0 radical (unpaired) electrons. The zero-order valence-corrected chi connectivity index (χ0v) is 11.2. The van der Waals surface area contributed by atoms with E-state index in [9.17, 15) is 9.59 Å². The number of carbonyl (C=O) groups excluding carboxylic acids is 2. The van der Waals surface area contributed by atoms with Crippen LogP contribution in [-0.2, 0) is 14.3 Å². The van der Waals surface area contributed by atoms with Crippen molar-refractivity contribution in [2.24, 2.45) is 0 Å². The van der Waals surface area contributed by atoms with Crippen LogP contribution in [0.4, 0.5) is 0 Å². The van der Waals surface area contributed by atoms with Crippen molar-refractivity contribution < 1.29 is 14.3 Å². The lowest BCUT2D eigenvalue weighted by Crippen LogP contribution is -2.53. The Morgan fingerprint density at radius 2 is 2.00 bits per heavy atom. The number of nitrogens with one attached hydrogen (secondary N) is 3. The van der Waals surface area contributed by atoms with Gasteiger partial charge in [0.1, 0.15) is 6.04 Å². The topological polar surface area (TPSA) is 79.5 Å². The van der Waals surface area contributed by atoms with Crippen molar-refractivity contribution in [2.75, 3.05) is 26.3 Å². The molecule has 0 bridgehead atoms. The van der Waals surface area contributed by atoms with Gasteiger partial charge in [-0.3, -0.25) is 9.59 Å². The minimum atomic E-state index is -0.337. The fourth-order valence-corrected chi connectivity index (χ4v) is 2.55. The van der Waals surface area contributed by atoms with Crippen LogP contribution in [0.2, 0.25) is 0 Å². The third-order valence-corrected chi connectivity index (χ3v) is 3.63. The number of amides is 2. The number of carbonyl (C=O) groups is 2. The Kier molecular flexibility index (Phi) is 5.60. The highest BCUT2D eigenvalue weighted by Gasteiger charge is 2.22. The molecule has 6 heteroatoms. The largest absolute Gasteiger partial charge is 0.378 e. The molecule has 1 aliphatic carbocycles. The van der Waals surface area contributed by atoms with Gasteiger partial charge < -0.3 is 20.7 Å². The first-order valence-corrected chi connectivity index (χ1v) is 7.14. The van der Waals surface area contributed by atoms with E-state index in [2.05, 4.69) is 16.0 Å². The Bertz CT molecular complexity index is 310. The van der Waals surface area contributed by atoms with Crippen molar-refractivity contribution >= 4 is 11.8 Å². The lowest BCUT2D eigenvalue weighted by atomic mass is 9.95. The summed E-state index contributed by atoms with van der Waals surface area (Å²) in [6.45, 7) is 1.72. The third-order valence-electron chi connectivity index (χ3n) is 3.63. The van der Waals surface area contributed by atoms with E-state index in [1.807, 2.05) is 0 Å². The van der Waals surface area contributed by atoms with Crippen LogP contribution in [0.25, 0.3) is 0 Å². The number of ether oxygens (including phenoxy) is 1. The SMILES string of the molecule is O=C(CNC(=O)C1COCCN1)NC1CCCCC1. The summed E-state index contributed by atoms with van der Waals surface area (Å²) in [5, 5.41) is 8.68. The molecule has 2 rings (SSSR count). The average Bonchev–Trinajstić information content (AvgIpc) is 2.47. The quantitative estimate of drug-likeness (QED) is 0.645. The van der Waals surface area contributed by atoms with Gasteiger partial charge in [0.25, 0.3) is 0 Å². The monoisotopic (exact) mass is 269 g/mol. The van der Waals surface area contributed by atoms with Gasteiger partial charge in [-0.05, 0) is 12.8 Å². The van der Waals surface area contributed by atoms with Gasteiger partial charge in [-0.1, -0.05) is 19.3 Å². The standard InChI is InChI=1S/C13H23N3O3/c17-12(16-10-4-2-1-3-5-10)8-15-13(18)11-9-19-7-6-14-11/h10-11,14H,1-9H2,(H,15,18)(H,16,17). The van der Waals surface area contributed by atoms with E-state index < -0.39 is 0 Å². The lowest BCUT2D eigenvalue weighted by molar-refractivity contribution is -0.129. The molecule has 108 valence electrons. The van der Waals surface area contributed by atoms with E-state index in [1.54, 1.807) is 0 Å². The highest BCUT2D eigenvalue weighted by Crippen LogP contribution is 2.17. The zero-order chi connectivity index (χ0) is 13.5. The van der Waals surface area contributed by atoms with Gasteiger partial charge in [-0.25, -0.2) is 0 Å². The van der Waals surface area contributed by atoms with Gasteiger partial charge >= 0.3 is 0 Å². The molecule has 6 nitrogen and oxygen atoms in total. The van der Waals surface area contributed by atoms with Crippen LogP contribution < -0.4 is 16.0 Å². The average molecular weight is 269 g/mol. The maximum Gasteiger partial charge on any atom is 0.239 e. The van der Waals surface area contributed by atoms with Gasteiger partial charge in [0, 0.05) is 12.6 Å². The smallest absolute Gasteiger partial charge is 0.239 e. The molecular weight excluding hydrogens is 246 g/mol. The van der Waals surface area contributed by atoms with E-state index in [4.69, 9.17) is 4.74 Å². The molecule has 1 unspecified atom stereocenters. The molecule has 1 heterocycles. The first-order valence-electron chi connectivity index (χ1n) is 7.14. The number of hydrogen-bond donors (Lipinski definition) is 3. The second-order valence-corrected chi connectivity index (χ2v) is 5.20. The molecule has 0 aromatic rings. The summed E-state index contributed by atoms with van der Waals surface area (Å²) in [4.78, 5) is 23.5. The summed E-state index contributed by atoms with van der Waals surface area (Å²) in [5.41, 5.74) is 0. The molecule has 0 aromatic carbocycles. The fraction of sp³-hybridized carbons (Fsp3) is 0.846.